The summed E-state index contributed by atoms with van der Waals surface area (Å²) in [6.07, 6.45) is 2.11. The maximum atomic E-state index is 10.8. The van der Waals surface area contributed by atoms with Gasteiger partial charge in [0, 0.05) is 42.8 Å². The number of carbonyl (C=O) groups is 1. The Morgan fingerprint density at radius 1 is 1.08 bits per heavy atom. The third-order valence-corrected chi connectivity index (χ3v) is 5.49. The van der Waals surface area contributed by atoms with Crippen LogP contribution in [0, 0.1) is 0 Å². The van der Waals surface area contributed by atoms with Crippen molar-refractivity contribution >= 4 is 17.3 Å². The van der Waals surface area contributed by atoms with Crippen LogP contribution in [0.2, 0.25) is 0 Å². The van der Waals surface area contributed by atoms with Crippen LogP contribution >= 0.6 is 0 Å². The molecule has 4 heteroatoms. The normalized spacial score (nSPS) is 22.5. The smallest absolute Gasteiger partial charge is 0.303 e. The minimum Gasteiger partial charge on any atom is -0.481 e. The van der Waals surface area contributed by atoms with Crippen molar-refractivity contribution in [2.45, 2.75) is 31.2 Å². The second kappa shape index (κ2) is 6.89. The van der Waals surface area contributed by atoms with E-state index >= 15 is 0 Å². The quantitative estimate of drug-likeness (QED) is 0.900. The van der Waals surface area contributed by atoms with E-state index in [2.05, 4.69) is 64.4 Å². The van der Waals surface area contributed by atoms with E-state index in [1.807, 2.05) is 0 Å². The van der Waals surface area contributed by atoms with Crippen molar-refractivity contribution in [3.05, 3.63) is 60.2 Å². The zero-order valence-electron chi connectivity index (χ0n) is 14.3. The summed E-state index contributed by atoms with van der Waals surface area (Å²) < 4.78 is 0. The van der Waals surface area contributed by atoms with E-state index in [0.29, 0.717) is 12.0 Å². The molecule has 4 nitrogen and oxygen atoms in total. The van der Waals surface area contributed by atoms with Gasteiger partial charge < -0.3 is 14.9 Å². The number of fused-ring (bicyclic) bond motifs is 3. The highest BCUT2D eigenvalue weighted by molar-refractivity contribution is 5.73. The second-order valence-corrected chi connectivity index (χ2v) is 7.02. The lowest BCUT2D eigenvalue weighted by Crippen LogP contribution is -2.45. The third kappa shape index (κ3) is 3.14. The van der Waals surface area contributed by atoms with Crippen molar-refractivity contribution in [1.82, 2.24) is 4.90 Å². The van der Waals surface area contributed by atoms with Gasteiger partial charge in [-0.25, -0.2) is 0 Å². The molecule has 0 spiro atoms. The molecular weight excluding hydrogens is 312 g/mol. The molecule has 0 unspecified atom stereocenters. The lowest BCUT2D eigenvalue weighted by molar-refractivity contribution is -0.137. The maximum Gasteiger partial charge on any atom is 0.303 e. The van der Waals surface area contributed by atoms with Gasteiger partial charge in [0.1, 0.15) is 0 Å². The number of likely N-dealkylation sites (tertiary alicyclic amines) is 1. The summed E-state index contributed by atoms with van der Waals surface area (Å²) in [5, 5.41) is 8.86. The van der Waals surface area contributed by atoms with Gasteiger partial charge in [0.2, 0.25) is 0 Å². The first-order chi connectivity index (χ1) is 12.2. The number of rotatable bonds is 5. The molecule has 0 aromatic heterocycles. The van der Waals surface area contributed by atoms with Crippen molar-refractivity contribution in [2.75, 3.05) is 24.5 Å². The molecule has 0 aliphatic carbocycles. The van der Waals surface area contributed by atoms with E-state index in [1.165, 1.54) is 16.9 Å². The van der Waals surface area contributed by atoms with Crippen LogP contribution in [0.1, 0.15) is 30.7 Å². The molecule has 4 rings (SSSR count). The summed E-state index contributed by atoms with van der Waals surface area (Å²) in [4.78, 5) is 15.7. The van der Waals surface area contributed by atoms with E-state index in [0.717, 1.165) is 32.5 Å². The van der Waals surface area contributed by atoms with Gasteiger partial charge in [0.05, 0.1) is 0 Å². The number of hydrogen-bond donors (Lipinski definition) is 1. The number of piperidine rings is 1. The van der Waals surface area contributed by atoms with E-state index in [9.17, 15) is 4.79 Å². The van der Waals surface area contributed by atoms with Crippen LogP contribution in [0.3, 0.4) is 0 Å². The van der Waals surface area contributed by atoms with Crippen LogP contribution in [-0.2, 0) is 4.79 Å². The molecule has 25 heavy (non-hydrogen) atoms. The van der Waals surface area contributed by atoms with Crippen LogP contribution in [0.15, 0.2) is 54.6 Å². The van der Waals surface area contributed by atoms with Gasteiger partial charge in [0.25, 0.3) is 0 Å². The fraction of sp³-hybridized carbons (Fsp3) is 0.381. The Bertz CT molecular complexity index is 747. The van der Waals surface area contributed by atoms with Gasteiger partial charge >= 0.3 is 5.97 Å². The highest BCUT2D eigenvalue weighted by atomic mass is 16.4. The van der Waals surface area contributed by atoms with E-state index < -0.39 is 5.97 Å². The molecule has 2 aromatic carbocycles. The largest absolute Gasteiger partial charge is 0.481 e. The summed E-state index contributed by atoms with van der Waals surface area (Å²) in [5.74, 6) is -0.202. The number of benzene rings is 2. The summed E-state index contributed by atoms with van der Waals surface area (Å²) >= 11 is 0. The summed E-state index contributed by atoms with van der Waals surface area (Å²) in [6.45, 7) is 2.94. The van der Waals surface area contributed by atoms with Gasteiger partial charge in [-0.1, -0.05) is 36.4 Å². The van der Waals surface area contributed by atoms with Crippen LogP contribution in [0.4, 0.5) is 11.4 Å². The number of aliphatic carboxylic acids is 1. The molecular formula is C21H24N2O2. The fourth-order valence-electron chi connectivity index (χ4n) is 4.40. The lowest BCUT2D eigenvalue weighted by Gasteiger charge is -2.39. The van der Waals surface area contributed by atoms with E-state index in [1.54, 1.807) is 0 Å². The summed E-state index contributed by atoms with van der Waals surface area (Å²) in [7, 11) is 0. The summed E-state index contributed by atoms with van der Waals surface area (Å²) in [5.41, 5.74) is 4.03. The Balaban J connectivity index is 1.56. The van der Waals surface area contributed by atoms with Crippen LogP contribution in [-0.4, -0.2) is 41.7 Å². The van der Waals surface area contributed by atoms with Gasteiger partial charge in [-0.05, 0) is 43.1 Å². The Morgan fingerprint density at radius 3 is 2.64 bits per heavy atom. The number of hydrogen-bond acceptors (Lipinski definition) is 3. The Hall–Kier alpha value is -2.33. The van der Waals surface area contributed by atoms with Crippen LogP contribution in [0.25, 0.3) is 0 Å². The summed E-state index contributed by atoms with van der Waals surface area (Å²) in [6, 6.07) is 19.9. The molecule has 0 amide bonds. The molecule has 2 aromatic rings. The lowest BCUT2D eigenvalue weighted by atomic mass is 9.89. The topological polar surface area (TPSA) is 43.8 Å². The molecule has 130 valence electrons. The molecule has 2 heterocycles. The number of nitrogens with zero attached hydrogens (tertiary/aromatic N) is 2. The Labute approximate surface area is 148 Å². The van der Waals surface area contributed by atoms with E-state index in [4.69, 9.17) is 5.11 Å². The molecule has 0 radical (unpaired) electrons. The third-order valence-electron chi connectivity index (χ3n) is 5.49. The van der Waals surface area contributed by atoms with Gasteiger partial charge in [0.15, 0.2) is 0 Å². The first kappa shape index (κ1) is 16.2. The molecule has 2 aliphatic heterocycles. The second-order valence-electron chi connectivity index (χ2n) is 7.02. The van der Waals surface area contributed by atoms with Crippen molar-refractivity contribution in [1.29, 1.82) is 0 Å². The first-order valence-corrected chi connectivity index (χ1v) is 9.11. The first-order valence-electron chi connectivity index (χ1n) is 9.11. The monoisotopic (exact) mass is 336 g/mol. The minimum atomic E-state index is -0.698. The number of carboxylic acid groups (broad SMARTS) is 1. The van der Waals surface area contributed by atoms with Crippen molar-refractivity contribution in [2.24, 2.45) is 0 Å². The van der Waals surface area contributed by atoms with Crippen LogP contribution < -0.4 is 4.90 Å². The average Bonchev–Trinajstić information content (AvgIpc) is 2.96. The van der Waals surface area contributed by atoms with Gasteiger partial charge in [-0.2, -0.15) is 0 Å². The standard InChI is InChI=1S/C21H24N2O2/c24-21(25)11-6-13-22-14-12-20-18(15-22)17-9-4-5-10-19(17)23(20)16-7-2-1-3-8-16/h1-5,7-10,18,20H,6,11-15H2,(H,24,25)/t18-,20+/m0/s1. The maximum absolute atomic E-state index is 10.8. The number of anilines is 2. The Morgan fingerprint density at radius 2 is 1.84 bits per heavy atom. The molecule has 0 saturated carbocycles. The highest BCUT2D eigenvalue weighted by Crippen LogP contribution is 2.48. The molecule has 0 bridgehead atoms. The highest BCUT2D eigenvalue weighted by Gasteiger charge is 2.42. The van der Waals surface area contributed by atoms with Gasteiger partial charge in [-0.15, -0.1) is 0 Å². The predicted octanol–water partition coefficient (Wildman–Crippen LogP) is 3.86. The zero-order valence-corrected chi connectivity index (χ0v) is 14.3. The fourth-order valence-corrected chi connectivity index (χ4v) is 4.40. The molecule has 1 N–H and O–H groups in total. The van der Waals surface area contributed by atoms with Crippen molar-refractivity contribution in [3.8, 4) is 0 Å². The van der Waals surface area contributed by atoms with Crippen LogP contribution in [0.5, 0.6) is 0 Å². The minimum absolute atomic E-state index is 0.261. The predicted molar refractivity (Wildman–Crippen MR) is 99.5 cm³/mol. The molecule has 1 fully saturated rings. The van der Waals surface area contributed by atoms with Crippen molar-refractivity contribution in [3.63, 3.8) is 0 Å². The van der Waals surface area contributed by atoms with Gasteiger partial charge in [-0.3, -0.25) is 4.79 Å². The zero-order chi connectivity index (χ0) is 17.2. The number of carboxylic acids is 1. The Kier molecular flexibility index (Phi) is 4.45. The SMILES string of the molecule is O=C(O)CCCN1CC[C@@H]2[C@@H](C1)c1ccccc1N2c1ccccc1. The average molecular weight is 336 g/mol. The van der Waals surface area contributed by atoms with Crippen molar-refractivity contribution < 1.29 is 9.90 Å². The molecule has 2 aliphatic rings. The molecule has 2 atom stereocenters. The number of para-hydroxylation sites is 2. The molecule has 1 saturated heterocycles. The van der Waals surface area contributed by atoms with E-state index in [-0.39, 0.29) is 6.42 Å².